The Morgan fingerprint density at radius 1 is 1.53 bits per heavy atom. The summed E-state index contributed by atoms with van der Waals surface area (Å²) in [6, 6.07) is 4.18. The lowest BCUT2D eigenvalue weighted by molar-refractivity contribution is 0.329. The third-order valence-electron chi connectivity index (χ3n) is 3.03. The van der Waals surface area contributed by atoms with Crippen molar-refractivity contribution in [2.24, 2.45) is 5.92 Å². The van der Waals surface area contributed by atoms with Gasteiger partial charge in [0.25, 0.3) is 0 Å². The first kappa shape index (κ1) is 10.7. The van der Waals surface area contributed by atoms with E-state index in [2.05, 4.69) is 29.1 Å². The SMILES string of the molecule is Cc1cc(N(C)CC2CC(Cl)C2)ccn1. The van der Waals surface area contributed by atoms with Gasteiger partial charge in [0.1, 0.15) is 0 Å². The number of pyridine rings is 1. The molecule has 0 N–H and O–H groups in total. The van der Waals surface area contributed by atoms with Gasteiger partial charge in [-0.2, -0.15) is 0 Å². The number of anilines is 1. The molecule has 3 heteroatoms. The summed E-state index contributed by atoms with van der Waals surface area (Å²) in [6.45, 7) is 3.13. The average molecular weight is 225 g/mol. The van der Waals surface area contributed by atoms with Gasteiger partial charge >= 0.3 is 0 Å². The molecule has 0 aliphatic heterocycles. The molecule has 0 aromatic carbocycles. The zero-order valence-electron chi connectivity index (χ0n) is 9.28. The van der Waals surface area contributed by atoms with Crippen LogP contribution in [0.4, 0.5) is 5.69 Å². The summed E-state index contributed by atoms with van der Waals surface area (Å²) in [6.07, 6.45) is 4.19. The van der Waals surface area contributed by atoms with Gasteiger partial charge in [0.05, 0.1) is 0 Å². The molecule has 1 aliphatic carbocycles. The molecule has 2 nitrogen and oxygen atoms in total. The molecular weight excluding hydrogens is 208 g/mol. The molecule has 1 aromatic heterocycles. The molecular formula is C12H17ClN2. The number of aryl methyl sites for hydroxylation is 1. The minimum atomic E-state index is 0.419. The first-order valence-electron chi connectivity index (χ1n) is 5.43. The minimum Gasteiger partial charge on any atom is -0.374 e. The summed E-state index contributed by atoms with van der Waals surface area (Å²) in [4.78, 5) is 6.49. The van der Waals surface area contributed by atoms with E-state index in [1.54, 1.807) is 0 Å². The third kappa shape index (κ3) is 2.63. The van der Waals surface area contributed by atoms with Gasteiger partial charge in [-0.25, -0.2) is 0 Å². The Morgan fingerprint density at radius 3 is 2.87 bits per heavy atom. The van der Waals surface area contributed by atoms with Crippen LogP contribution in [0.3, 0.4) is 0 Å². The number of rotatable bonds is 3. The second-order valence-electron chi connectivity index (χ2n) is 4.47. The van der Waals surface area contributed by atoms with Crippen LogP contribution in [0, 0.1) is 12.8 Å². The number of hydrogen-bond donors (Lipinski definition) is 0. The van der Waals surface area contributed by atoms with E-state index in [1.165, 1.54) is 5.69 Å². The van der Waals surface area contributed by atoms with Gasteiger partial charge < -0.3 is 4.90 Å². The van der Waals surface area contributed by atoms with Crippen LogP contribution in [0.1, 0.15) is 18.5 Å². The van der Waals surface area contributed by atoms with Crippen LogP contribution in [0.2, 0.25) is 0 Å². The predicted molar refractivity (Wildman–Crippen MR) is 64.6 cm³/mol. The van der Waals surface area contributed by atoms with Crippen molar-refractivity contribution in [3.05, 3.63) is 24.0 Å². The monoisotopic (exact) mass is 224 g/mol. The molecule has 1 aromatic rings. The maximum Gasteiger partial charge on any atom is 0.0397 e. The molecule has 0 spiro atoms. The van der Waals surface area contributed by atoms with Gasteiger partial charge in [-0.15, -0.1) is 11.6 Å². The molecule has 0 amide bonds. The highest BCUT2D eigenvalue weighted by molar-refractivity contribution is 6.21. The molecule has 0 bridgehead atoms. The van der Waals surface area contributed by atoms with Gasteiger partial charge in [-0.05, 0) is 37.8 Å². The Hall–Kier alpha value is -0.760. The van der Waals surface area contributed by atoms with Crippen molar-refractivity contribution in [3.8, 4) is 0 Å². The zero-order valence-corrected chi connectivity index (χ0v) is 10.0. The van der Waals surface area contributed by atoms with Crippen LogP contribution in [0.15, 0.2) is 18.3 Å². The molecule has 0 saturated heterocycles. The van der Waals surface area contributed by atoms with E-state index >= 15 is 0 Å². The zero-order chi connectivity index (χ0) is 10.8. The lowest BCUT2D eigenvalue weighted by atomic mass is 9.84. The molecule has 1 aliphatic rings. The smallest absolute Gasteiger partial charge is 0.0397 e. The molecule has 1 saturated carbocycles. The van der Waals surface area contributed by atoms with E-state index in [0.717, 1.165) is 31.0 Å². The van der Waals surface area contributed by atoms with Gasteiger partial charge in [0.2, 0.25) is 0 Å². The first-order valence-corrected chi connectivity index (χ1v) is 5.86. The second kappa shape index (κ2) is 4.40. The second-order valence-corrected chi connectivity index (χ2v) is 5.09. The van der Waals surface area contributed by atoms with Crippen molar-refractivity contribution in [1.29, 1.82) is 0 Å². The predicted octanol–water partition coefficient (Wildman–Crippen LogP) is 2.84. The van der Waals surface area contributed by atoms with Crippen LogP contribution in [0.25, 0.3) is 0 Å². The molecule has 1 heterocycles. The Bertz CT molecular complexity index is 334. The van der Waals surface area contributed by atoms with Gasteiger partial charge in [0, 0.05) is 36.5 Å². The standard InChI is InChI=1S/C12H17ClN2/c1-9-5-12(3-4-14-9)15(2)8-10-6-11(13)7-10/h3-5,10-11H,6-8H2,1-2H3. The summed E-state index contributed by atoms with van der Waals surface area (Å²) in [7, 11) is 2.14. The Balaban J connectivity index is 1.93. The highest BCUT2D eigenvalue weighted by atomic mass is 35.5. The van der Waals surface area contributed by atoms with Crippen molar-refractivity contribution >= 4 is 17.3 Å². The van der Waals surface area contributed by atoms with E-state index in [-0.39, 0.29) is 0 Å². The van der Waals surface area contributed by atoms with Crippen molar-refractivity contribution < 1.29 is 0 Å². The fourth-order valence-corrected chi connectivity index (χ4v) is 2.57. The lowest BCUT2D eigenvalue weighted by Gasteiger charge is -2.34. The summed E-state index contributed by atoms with van der Waals surface area (Å²) in [5.41, 5.74) is 2.32. The van der Waals surface area contributed by atoms with Crippen LogP contribution in [0.5, 0.6) is 0 Å². The Morgan fingerprint density at radius 2 is 2.27 bits per heavy atom. The molecule has 2 rings (SSSR count). The maximum absolute atomic E-state index is 5.97. The van der Waals surface area contributed by atoms with Crippen molar-refractivity contribution in [3.63, 3.8) is 0 Å². The van der Waals surface area contributed by atoms with E-state index < -0.39 is 0 Å². The molecule has 0 radical (unpaired) electrons. The normalized spacial score (nSPS) is 24.7. The summed E-state index contributed by atoms with van der Waals surface area (Å²) < 4.78 is 0. The number of hydrogen-bond acceptors (Lipinski definition) is 2. The minimum absolute atomic E-state index is 0.419. The van der Waals surface area contributed by atoms with Crippen LogP contribution < -0.4 is 4.90 Å². The molecule has 1 fully saturated rings. The van der Waals surface area contributed by atoms with Gasteiger partial charge in [-0.3, -0.25) is 4.98 Å². The molecule has 0 atom stereocenters. The number of aromatic nitrogens is 1. The van der Waals surface area contributed by atoms with E-state index in [4.69, 9.17) is 11.6 Å². The van der Waals surface area contributed by atoms with Crippen molar-refractivity contribution in [2.45, 2.75) is 25.1 Å². The molecule has 0 unspecified atom stereocenters. The quantitative estimate of drug-likeness (QED) is 0.734. The van der Waals surface area contributed by atoms with Gasteiger partial charge in [0.15, 0.2) is 0 Å². The average Bonchev–Trinajstić information content (AvgIpc) is 2.15. The Kier molecular flexibility index (Phi) is 3.15. The topological polar surface area (TPSA) is 16.1 Å². The van der Waals surface area contributed by atoms with Crippen molar-refractivity contribution in [2.75, 3.05) is 18.5 Å². The largest absolute Gasteiger partial charge is 0.374 e. The summed E-state index contributed by atoms with van der Waals surface area (Å²) in [5.74, 6) is 0.769. The Labute approximate surface area is 96.3 Å². The van der Waals surface area contributed by atoms with E-state index in [1.807, 2.05) is 13.1 Å². The van der Waals surface area contributed by atoms with Crippen LogP contribution in [-0.2, 0) is 0 Å². The highest BCUT2D eigenvalue weighted by Crippen LogP contribution is 2.33. The summed E-state index contributed by atoms with van der Waals surface area (Å²) >= 11 is 5.97. The molecule has 15 heavy (non-hydrogen) atoms. The highest BCUT2D eigenvalue weighted by Gasteiger charge is 2.27. The summed E-state index contributed by atoms with van der Waals surface area (Å²) in [5, 5.41) is 0.419. The van der Waals surface area contributed by atoms with E-state index in [9.17, 15) is 0 Å². The maximum atomic E-state index is 5.97. The van der Waals surface area contributed by atoms with Gasteiger partial charge in [-0.1, -0.05) is 0 Å². The lowest BCUT2D eigenvalue weighted by Crippen LogP contribution is -2.34. The van der Waals surface area contributed by atoms with Crippen LogP contribution in [-0.4, -0.2) is 24.0 Å². The fraction of sp³-hybridized carbons (Fsp3) is 0.583. The third-order valence-corrected chi connectivity index (χ3v) is 3.39. The number of halogens is 1. The van der Waals surface area contributed by atoms with E-state index in [0.29, 0.717) is 5.38 Å². The molecule has 82 valence electrons. The number of nitrogens with zero attached hydrogens (tertiary/aromatic N) is 2. The van der Waals surface area contributed by atoms with Crippen molar-refractivity contribution in [1.82, 2.24) is 4.98 Å². The first-order chi connectivity index (χ1) is 7.15. The fourth-order valence-electron chi connectivity index (χ4n) is 2.06. The van der Waals surface area contributed by atoms with Crippen LogP contribution >= 0.6 is 11.6 Å². The number of alkyl halides is 1.